The minimum absolute atomic E-state index is 0.0815. The lowest BCUT2D eigenvalue weighted by molar-refractivity contribution is 0.0996. The summed E-state index contributed by atoms with van der Waals surface area (Å²) in [5, 5.41) is 13.0. The Morgan fingerprint density at radius 1 is 1.03 bits per heavy atom. The standard InChI is InChI=1S/C23H22Cl2N6O/c1-3-14-12-16(4-2)31(28-14)17-10-8-15(9-11-17)27-20-13-30(29-21(20)23(26)32)22-18(24)6-5-7-19(22)25/h5-13,27H,3-4H2,1-2H3,(H2,26,32). The van der Waals surface area contributed by atoms with Gasteiger partial charge in [0.05, 0.1) is 33.3 Å². The number of aromatic nitrogens is 4. The molecule has 3 N–H and O–H groups in total. The third-order valence-corrected chi connectivity index (χ3v) is 5.67. The second kappa shape index (κ2) is 9.06. The van der Waals surface area contributed by atoms with Crippen LogP contribution in [-0.4, -0.2) is 25.5 Å². The minimum atomic E-state index is -0.665. The molecule has 0 atom stereocenters. The Hall–Kier alpha value is -3.29. The maximum atomic E-state index is 12.0. The first kappa shape index (κ1) is 21.9. The van der Waals surface area contributed by atoms with Gasteiger partial charge in [0.1, 0.15) is 5.69 Å². The van der Waals surface area contributed by atoms with Gasteiger partial charge in [-0.1, -0.05) is 43.1 Å². The van der Waals surface area contributed by atoms with Crippen molar-refractivity contribution < 1.29 is 4.79 Å². The summed E-state index contributed by atoms with van der Waals surface area (Å²) >= 11 is 12.6. The first-order valence-electron chi connectivity index (χ1n) is 10.2. The lowest BCUT2D eigenvalue weighted by atomic mass is 10.2. The molecule has 32 heavy (non-hydrogen) atoms. The van der Waals surface area contributed by atoms with Crippen molar-refractivity contribution in [1.29, 1.82) is 0 Å². The zero-order valence-electron chi connectivity index (χ0n) is 17.6. The van der Waals surface area contributed by atoms with E-state index in [0.717, 1.165) is 35.6 Å². The molecule has 0 fully saturated rings. The molecule has 7 nitrogen and oxygen atoms in total. The van der Waals surface area contributed by atoms with Gasteiger partial charge in [-0.2, -0.15) is 10.2 Å². The third kappa shape index (κ3) is 4.22. The van der Waals surface area contributed by atoms with E-state index in [-0.39, 0.29) is 5.69 Å². The number of carbonyl (C=O) groups is 1. The van der Waals surface area contributed by atoms with Crippen LogP contribution in [0.15, 0.2) is 54.7 Å². The van der Waals surface area contributed by atoms with Gasteiger partial charge in [0, 0.05) is 11.4 Å². The number of hydrogen-bond donors (Lipinski definition) is 2. The van der Waals surface area contributed by atoms with E-state index in [2.05, 4.69) is 35.4 Å². The van der Waals surface area contributed by atoms with E-state index in [1.54, 1.807) is 24.4 Å². The summed E-state index contributed by atoms with van der Waals surface area (Å²) in [5.74, 6) is -0.665. The topological polar surface area (TPSA) is 90.8 Å². The Morgan fingerprint density at radius 2 is 1.72 bits per heavy atom. The highest BCUT2D eigenvalue weighted by molar-refractivity contribution is 6.37. The summed E-state index contributed by atoms with van der Waals surface area (Å²) in [6.45, 7) is 4.20. The van der Waals surface area contributed by atoms with Gasteiger partial charge >= 0.3 is 0 Å². The fourth-order valence-corrected chi connectivity index (χ4v) is 4.01. The van der Waals surface area contributed by atoms with Crippen LogP contribution in [0, 0.1) is 0 Å². The van der Waals surface area contributed by atoms with Crippen molar-refractivity contribution in [3.05, 3.63) is 81.9 Å². The van der Waals surface area contributed by atoms with Crippen LogP contribution in [0.5, 0.6) is 0 Å². The van der Waals surface area contributed by atoms with E-state index in [0.29, 0.717) is 21.4 Å². The predicted octanol–water partition coefficient (Wildman–Crippen LogP) is 5.33. The quantitative estimate of drug-likeness (QED) is 0.383. The van der Waals surface area contributed by atoms with Crippen LogP contribution in [0.25, 0.3) is 11.4 Å². The van der Waals surface area contributed by atoms with E-state index >= 15 is 0 Å². The Bertz CT molecular complexity index is 1260. The SMILES string of the molecule is CCc1cc(CC)n(-c2ccc(Nc3cn(-c4c(Cl)cccc4Cl)nc3C(N)=O)cc2)n1. The molecular formula is C23H22Cl2N6O. The third-order valence-electron chi connectivity index (χ3n) is 5.06. The van der Waals surface area contributed by atoms with E-state index in [1.807, 2.05) is 28.9 Å². The lowest BCUT2D eigenvalue weighted by Crippen LogP contribution is -2.14. The molecule has 164 valence electrons. The highest BCUT2D eigenvalue weighted by Crippen LogP contribution is 2.30. The van der Waals surface area contributed by atoms with Crippen LogP contribution in [-0.2, 0) is 12.8 Å². The van der Waals surface area contributed by atoms with Crippen LogP contribution in [0.3, 0.4) is 0 Å². The largest absolute Gasteiger partial charge is 0.364 e. The number of anilines is 2. The molecule has 0 radical (unpaired) electrons. The van der Waals surface area contributed by atoms with Crippen LogP contribution >= 0.6 is 23.2 Å². The number of benzene rings is 2. The number of nitrogens with one attached hydrogen (secondary N) is 1. The predicted molar refractivity (Wildman–Crippen MR) is 128 cm³/mol. The molecule has 0 saturated heterocycles. The van der Waals surface area contributed by atoms with Crippen LogP contribution in [0.2, 0.25) is 10.0 Å². The maximum absolute atomic E-state index is 12.0. The number of para-hydroxylation sites is 1. The van der Waals surface area contributed by atoms with E-state index in [4.69, 9.17) is 28.9 Å². The van der Waals surface area contributed by atoms with Gasteiger partial charge < -0.3 is 11.1 Å². The molecule has 4 aromatic rings. The Balaban J connectivity index is 1.65. The Kier molecular flexibility index (Phi) is 6.21. The van der Waals surface area contributed by atoms with Crippen LogP contribution in [0.4, 0.5) is 11.4 Å². The second-order valence-electron chi connectivity index (χ2n) is 7.19. The van der Waals surface area contributed by atoms with Gasteiger partial charge in [0.15, 0.2) is 5.69 Å². The highest BCUT2D eigenvalue weighted by atomic mass is 35.5. The van der Waals surface area contributed by atoms with E-state index in [1.165, 1.54) is 4.68 Å². The molecule has 0 aliphatic carbocycles. The lowest BCUT2D eigenvalue weighted by Gasteiger charge is -2.09. The first-order chi connectivity index (χ1) is 15.4. The maximum Gasteiger partial charge on any atom is 0.271 e. The van der Waals surface area contributed by atoms with Crippen LogP contribution in [0.1, 0.15) is 35.7 Å². The van der Waals surface area contributed by atoms with E-state index in [9.17, 15) is 4.79 Å². The Labute approximate surface area is 195 Å². The molecule has 1 amide bonds. The molecule has 4 rings (SSSR count). The number of aryl methyl sites for hydroxylation is 2. The van der Waals surface area contributed by atoms with Gasteiger partial charge in [-0.3, -0.25) is 4.79 Å². The fourth-order valence-electron chi connectivity index (χ4n) is 3.43. The van der Waals surface area contributed by atoms with Gasteiger partial charge in [-0.25, -0.2) is 9.36 Å². The summed E-state index contributed by atoms with van der Waals surface area (Å²) < 4.78 is 3.40. The molecule has 2 aromatic heterocycles. The van der Waals surface area contributed by atoms with Crippen molar-refractivity contribution in [2.24, 2.45) is 5.73 Å². The van der Waals surface area contributed by atoms with Crippen molar-refractivity contribution in [2.45, 2.75) is 26.7 Å². The first-order valence-corrected chi connectivity index (χ1v) is 11.0. The zero-order valence-corrected chi connectivity index (χ0v) is 19.2. The summed E-state index contributed by atoms with van der Waals surface area (Å²) in [7, 11) is 0. The Morgan fingerprint density at radius 3 is 2.31 bits per heavy atom. The van der Waals surface area contributed by atoms with Crippen molar-refractivity contribution in [3.8, 4) is 11.4 Å². The number of nitrogens with zero attached hydrogens (tertiary/aromatic N) is 4. The monoisotopic (exact) mass is 468 g/mol. The summed E-state index contributed by atoms with van der Waals surface area (Å²) in [5.41, 5.74) is 10.5. The fraction of sp³-hybridized carbons (Fsp3) is 0.174. The van der Waals surface area contributed by atoms with Crippen molar-refractivity contribution in [2.75, 3.05) is 5.32 Å². The van der Waals surface area contributed by atoms with Gasteiger partial charge in [-0.15, -0.1) is 0 Å². The molecule has 2 heterocycles. The zero-order chi connectivity index (χ0) is 22.8. The van der Waals surface area contributed by atoms with E-state index < -0.39 is 5.91 Å². The molecule has 0 unspecified atom stereocenters. The number of carbonyl (C=O) groups excluding carboxylic acids is 1. The van der Waals surface area contributed by atoms with Gasteiger partial charge in [0.2, 0.25) is 0 Å². The highest BCUT2D eigenvalue weighted by Gasteiger charge is 2.18. The minimum Gasteiger partial charge on any atom is -0.364 e. The number of primary amides is 1. The van der Waals surface area contributed by atoms with Gasteiger partial charge in [0.25, 0.3) is 5.91 Å². The van der Waals surface area contributed by atoms with Crippen molar-refractivity contribution >= 4 is 40.5 Å². The number of rotatable bonds is 7. The molecule has 0 spiro atoms. The summed E-state index contributed by atoms with van der Waals surface area (Å²) in [6, 6.07) is 15.0. The number of halogens is 2. The normalized spacial score (nSPS) is 11.0. The molecule has 0 aliphatic heterocycles. The summed E-state index contributed by atoms with van der Waals surface area (Å²) in [6.07, 6.45) is 3.41. The van der Waals surface area contributed by atoms with Gasteiger partial charge in [-0.05, 0) is 55.3 Å². The number of hydrogen-bond acceptors (Lipinski definition) is 4. The number of amides is 1. The van der Waals surface area contributed by atoms with Crippen molar-refractivity contribution in [1.82, 2.24) is 19.6 Å². The van der Waals surface area contributed by atoms with Crippen molar-refractivity contribution in [3.63, 3.8) is 0 Å². The molecule has 0 saturated carbocycles. The molecular weight excluding hydrogens is 447 g/mol. The molecule has 9 heteroatoms. The molecule has 0 aliphatic rings. The average Bonchev–Trinajstić information content (AvgIpc) is 3.38. The second-order valence-corrected chi connectivity index (χ2v) is 8.00. The summed E-state index contributed by atoms with van der Waals surface area (Å²) in [4.78, 5) is 12.0. The molecule has 2 aromatic carbocycles. The smallest absolute Gasteiger partial charge is 0.271 e. The number of nitrogens with two attached hydrogens (primary N) is 1. The van der Waals surface area contributed by atoms with Crippen LogP contribution < -0.4 is 11.1 Å². The molecule has 0 bridgehead atoms. The average molecular weight is 469 g/mol.